The average Bonchev–Trinajstić information content (AvgIpc) is 3.27. The average molecular weight is 574 g/mol. The van der Waals surface area contributed by atoms with Gasteiger partial charge in [-0.2, -0.15) is 0 Å². The number of carbonyl (C=O) groups excluding carboxylic acids is 1. The predicted octanol–water partition coefficient (Wildman–Crippen LogP) is 3.60. The van der Waals surface area contributed by atoms with Gasteiger partial charge in [0.2, 0.25) is 5.91 Å². The summed E-state index contributed by atoms with van der Waals surface area (Å²) in [6, 6.07) is 19.4. The van der Waals surface area contributed by atoms with E-state index < -0.39 is 34.9 Å². The molecule has 218 valence electrons. The molecule has 3 aromatic carbocycles. The highest BCUT2D eigenvalue weighted by atomic mass is 16.6. The van der Waals surface area contributed by atoms with E-state index in [0.29, 0.717) is 35.5 Å². The molecule has 2 unspecified atom stereocenters. The van der Waals surface area contributed by atoms with Crippen molar-refractivity contribution < 1.29 is 29.5 Å². The third kappa shape index (κ3) is 7.92. The molecule has 12 nitrogen and oxygen atoms in total. The third-order valence-electron chi connectivity index (χ3n) is 6.82. The Labute approximate surface area is 241 Å². The van der Waals surface area contributed by atoms with E-state index in [4.69, 9.17) is 5.11 Å². The largest absolute Gasteiger partial charge is 0.481 e. The zero-order chi connectivity index (χ0) is 30.2. The molecular formula is C30H31N5O7. The quantitative estimate of drug-likeness (QED) is 0.150. The van der Waals surface area contributed by atoms with Crippen molar-refractivity contribution >= 4 is 29.2 Å². The molecule has 0 spiro atoms. The minimum absolute atomic E-state index is 0.00240. The van der Waals surface area contributed by atoms with Gasteiger partial charge in [-0.15, -0.1) is 0 Å². The van der Waals surface area contributed by atoms with Gasteiger partial charge in [0.15, 0.2) is 5.82 Å². The first-order chi connectivity index (χ1) is 20.1. The Kier molecular flexibility index (Phi) is 9.50. The maximum absolute atomic E-state index is 13.3. The predicted molar refractivity (Wildman–Crippen MR) is 155 cm³/mol. The molecule has 2 atom stereocenters. The van der Waals surface area contributed by atoms with Gasteiger partial charge in [0, 0.05) is 30.8 Å². The minimum Gasteiger partial charge on any atom is -0.481 e. The minimum atomic E-state index is -1.17. The number of nitrogens with zero attached hydrogens (tertiary/aromatic N) is 2. The lowest BCUT2D eigenvalue weighted by Gasteiger charge is -2.23. The van der Waals surface area contributed by atoms with Gasteiger partial charge in [-0.25, -0.2) is 4.79 Å². The maximum Gasteiger partial charge on any atom is 0.326 e. The Morgan fingerprint density at radius 1 is 1.00 bits per heavy atom. The summed E-state index contributed by atoms with van der Waals surface area (Å²) in [7, 11) is 1.76. The Morgan fingerprint density at radius 2 is 1.67 bits per heavy atom. The number of nitro groups is 1. The molecule has 0 saturated heterocycles. The molecule has 0 radical (unpaired) electrons. The molecule has 1 aliphatic heterocycles. The molecule has 0 aliphatic carbocycles. The number of aliphatic carboxylic acids is 2. The van der Waals surface area contributed by atoms with E-state index in [-0.39, 0.29) is 18.7 Å². The lowest BCUT2D eigenvalue weighted by molar-refractivity contribution is -0.403. The van der Waals surface area contributed by atoms with Crippen molar-refractivity contribution in [1.82, 2.24) is 10.2 Å². The van der Waals surface area contributed by atoms with Gasteiger partial charge in [-0.05, 0) is 60.0 Å². The highest BCUT2D eigenvalue weighted by Gasteiger charge is 2.35. The topological polar surface area (TPSA) is 174 Å². The van der Waals surface area contributed by atoms with Gasteiger partial charge in [-0.3, -0.25) is 24.6 Å². The lowest BCUT2D eigenvalue weighted by atomic mass is 10.0. The maximum atomic E-state index is 13.3. The van der Waals surface area contributed by atoms with Crippen LogP contribution in [0.1, 0.15) is 34.7 Å². The fourth-order valence-electron chi connectivity index (χ4n) is 4.84. The van der Waals surface area contributed by atoms with Crippen molar-refractivity contribution in [3.05, 3.63) is 117 Å². The third-order valence-corrected chi connectivity index (χ3v) is 6.82. The van der Waals surface area contributed by atoms with Crippen LogP contribution >= 0.6 is 0 Å². The van der Waals surface area contributed by atoms with Crippen molar-refractivity contribution in [2.24, 2.45) is 0 Å². The number of aryl methyl sites for hydroxylation is 1. The molecule has 3 aromatic rings. The van der Waals surface area contributed by atoms with Gasteiger partial charge in [0.05, 0.1) is 4.92 Å². The normalized spacial score (nSPS) is 15.4. The van der Waals surface area contributed by atoms with Crippen LogP contribution in [0.5, 0.6) is 0 Å². The Balaban J connectivity index is 1.44. The lowest BCUT2D eigenvalue weighted by Crippen LogP contribution is -2.46. The second-order valence-corrected chi connectivity index (χ2v) is 9.99. The summed E-state index contributed by atoms with van der Waals surface area (Å²) in [5.41, 5.74) is 4.30. The Hall–Kier alpha value is -5.23. The summed E-state index contributed by atoms with van der Waals surface area (Å²) < 4.78 is 0. The summed E-state index contributed by atoms with van der Waals surface area (Å²) in [5.74, 6) is -2.36. The second kappa shape index (κ2) is 13.4. The molecule has 5 N–H and O–H groups in total. The van der Waals surface area contributed by atoms with E-state index in [1.807, 2.05) is 6.07 Å². The summed E-state index contributed by atoms with van der Waals surface area (Å²) >= 11 is 0. The first-order valence-corrected chi connectivity index (χ1v) is 13.2. The van der Waals surface area contributed by atoms with Crippen LogP contribution in [0.25, 0.3) is 0 Å². The van der Waals surface area contributed by atoms with Crippen molar-refractivity contribution in [1.29, 1.82) is 0 Å². The smallest absolute Gasteiger partial charge is 0.326 e. The first-order valence-electron chi connectivity index (χ1n) is 13.2. The zero-order valence-electron chi connectivity index (χ0n) is 22.8. The number of benzene rings is 3. The Bertz CT molecular complexity index is 1490. The fraction of sp³-hybridized carbons (Fsp3) is 0.233. The molecule has 1 amide bonds. The van der Waals surface area contributed by atoms with Crippen LogP contribution in [0.4, 0.5) is 11.4 Å². The number of nitrogens with one attached hydrogen (secondary N) is 3. The van der Waals surface area contributed by atoms with Crippen LogP contribution in [-0.2, 0) is 33.8 Å². The number of hydrogen-bond acceptors (Lipinski definition) is 8. The van der Waals surface area contributed by atoms with Gasteiger partial charge >= 0.3 is 11.9 Å². The number of carbonyl (C=O) groups is 3. The zero-order valence-corrected chi connectivity index (χ0v) is 22.8. The van der Waals surface area contributed by atoms with Gasteiger partial charge in [-0.1, -0.05) is 48.5 Å². The molecule has 0 bridgehead atoms. The molecule has 4 rings (SSSR count). The van der Waals surface area contributed by atoms with Crippen LogP contribution < -0.4 is 16.0 Å². The Morgan fingerprint density at radius 3 is 2.31 bits per heavy atom. The number of likely N-dealkylation sites (N-methyl/N-ethyl adjacent to an activating group) is 1. The van der Waals surface area contributed by atoms with Gasteiger partial charge in [0.1, 0.15) is 12.1 Å². The summed E-state index contributed by atoms with van der Waals surface area (Å²) in [4.78, 5) is 48.6. The molecule has 0 saturated carbocycles. The van der Waals surface area contributed by atoms with Crippen molar-refractivity contribution in [3.8, 4) is 0 Å². The highest BCUT2D eigenvalue weighted by molar-refractivity contribution is 5.89. The van der Waals surface area contributed by atoms with Crippen LogP contribution in [0, 0.1) is 10.1 Å². The number of para-hydroxylation sites is 1. The second-order valence-electron chi connectivity index (χ2n) is 9.99. The highest BCUT2D eigenvalue weighted by Crippen LogP contribution is 2.34. The molecule has 1 aliphatic rings. The molecule has 12 heteroatoms. The van der Waals surface area contributed by atoms with Crippen LogP contribution in [0.15, 0.2) is 84.8 Å². The van der Waals surface area contributed by atoms with E-state index in [1.165, 1.54) is 0 Å². The van der Waals surface area contributed by atoms with Crippen molar-refractivity contribution in [2.45, 2.75) is 37.9 Å². The number of anilines is 2. The van der Waals surface area contributed by atoms with E-state index in [1.54, 1.807) is 78.7 Å². The van der Waals surface area contributed by atoms with Crippen LogP contribution in [-0.4, -0.2) is 51.0 Å². The van der Waals surface area contributed by atoms with E-state index in [0.717, 1.165) is 17.3 Å². The van der Waals surface area contributed by atoms with Crippen LogP contribution in [0.2, 0.25) is 0 Å². The van der Waals surface area contributed by atoms with Gasteiger partial charge in [0.25, 0.3) is 6.20 Å². The number of hydrogen-bond donors (Lipinski definition) is 5. The van der Waals surface area contributed by atoms with E-state index >= 15 is 0 Å². The molecule has 0 aromatic heterocycles. The molecular weight excluding hydrogens is 542 g/mol. The SMILES string of the molecule is CN1Cc2cc(NC(=C[N+](=O)[O-])Nc3ccccc3)ccc2C1C(=O)NC(Cc1ccc(CCC(=O)O)cc1)C(=O)O. The number of carboxylic acid groups (broad SMARTS) is 2. The summed E-state index contributed by atoms with van der Waals surface area (Å²) in [6.07, 6.45) is 1.27. The first kappa shape index (κ1) is 29.7. The van der Waals surface area contributed by atoms with E-state index in [9.17, 15) is 29.6 Å². The number of rotatable bonds is 13. The summed E-state index contributed by atoms with van der Waals surface area (Å²) in [6.45, 7) is 0.416. The summed E-state index contributed by atoms with van der Waals surface area (Å²) in [5, 5.41) is 38.5. The number of carboxylic acids is 2. The van der Waals surface area contributed by atoms with Crippen molar-refractivity contribution in [2.75, 3.05) is 17.7 Å². The number of amides is 1. The fourth-order valence-corrected chi connectivity index (χ4v) is 4.84. The van der Waals surface area contributed by atoms with E-state index in [2.05, 4.69) is 16.0 Å². The molecule has 1 heterocycles. The molecule has 42 heavy (non-hydrogen) atoms. The monoisotopic (exact) mass is 573 g/mol. The van der Waals surface area contributed by atoms with Crippen molar-refractivity contribution in [3.63, 3.8) is 0 Å². The van der Waals surface area contributed by atoms with Crippen LogP contribution in [0.3, 0.4) is 0 Å². The van der Waals surface area contributed by atoms with Gasteiger partial charge < -0.3 is 26.2 Å². The molecule has 0 fully saturated rings. The standard InChI is InChI=1S/C30H31N5O7/c1-34-17-21-16-23(32-26(18-35(41)42)31-22-5-3-2-4-6-22)12-13-24(21)28(34)29(38)33-25(30(39)40)15-20-9-7-19(8-10-20)11-14-27(36)37/h2-10,12-13,16,18,25,28,31-32H,11,14-15,17H2,1H3,(H,33,38)(H,36,37)(H,39,40). The number of fused-ring (bicyclic) bond motifs is 1.